The van der Waals surface area contributed by atoms with Crippen LogP contribution >= 0.6 is 12.1 Å². The van der Waals surface area contributed by atoms with E-state index in [0.717, 1.165) is 19.1 Å². The van der Waals surface area contributed by atoms with Crippen LogP contribution in [-0.4, -0.2) is 18.2 Å². The number of carbonyl (C=O) groups is 1. The quantitative estimate of drug-likeness (QED) is 0.377. The Morgan fingerprint density at radius 2 is 2.31 bits per heavy atom. The van der Waals surface area contributed by atoms with Crippen LogP contribution in [0.25, 0.3) is 0 Å². The topological polar surface area (TPSA) is 29.1 Å². The van der Waals surface area contributed by atoms with E-state index in [1.165, 1.54) is 0 Å². The smallest absolute Gasteiger partial charge is 0.121 e. The average molecular weight is 207 g/mol. The summed E-state index contributed by atoms with van der Waals surface area (Å²) in [5, 5.41) is 2.83. The number of hydrogen-bond acceptors (Lipinski definition) is 3. The Morgan fingerprint density at radius 3 is 2.77 bits per heavy atom. The predicted molar refractivity (Wildman–Crippen MR) is 55.2 cm³/mol. The maximum Gasteiger partial charge on any atom is 0.121 e. The Kier molecular flexibility index (Phi) is 8.45. The molecule has 0 spiro atoms. The molecule has 0 aromatic heterocycles. The first-order valence-corrected chi connectivity index (χ1v) is 5.47. The van der Waals surface area contributed by atoms with Gasteiger partial charge in [0, 0.05) is 13.0 Å². The van der Waals surface area contributed by atoms with Crippen molar-refractivity contribution in [3.63, 3.8) is 0 Å². The minimum atomic E-state index is -0.158. The predicted octanol–water partition coefficient (Wildman–Crippen LogP) is 2.55. The molecule has 0 saturated carbocycles. The van der Waals surface area contributed by atoms with Crippen molar-refractivity contribution in [2.45, 2.75) is 38.5 Å². The number of rotatable bonds is 8. The largest absolute Gasteiger partial charge is 0.303 e. The van der Waals surface area contributed by atoms with Gasteiger partial charge in [-0.25, -0.2) is 0 Å². The van der Waals surface area contributed by atoms with E-state index in [-0.39, 0.29) is 5.37 Å². The highest BCUT2D eigenvalue weighted by molar-refractivity contribution is 7.94. The minimum Gasteiger partial charge on any atom is -0.303 e. The maximum atomic E-state index is 12.3. The first kappa shape index (κ1) is 12.9. The third-order valence-corrected chi connectivity index (χ3v) is 2.63. The van der Waals surface area contributed by atoms with E-state index in [1.54, 1.807) is 0 Å². The second-order valence-corrected chi connectivity index (χ2v) is 3.98. The third kappa shape index (κ3) is 7.02. The van der Waals surface area contributed by atoms with E-state index >= 15 is 0 Å². The average Bonchev–Trinajstić information content (AvgIpc) is 2.16. The van der Waals surface area contributed by atoms with Gasteiger partial charge in [0.2, 0.25) is 0 Å². The van der Waals surface area contributed by atoms with E-state index in [1.807, 2.05) is 0 Å². The molecule has 0 radical (unpaired) electrons. The molecule has 0 aliphatic carbocycles. The second kappa shape index (κ2) is 8.51. The van der Waals surface area contributed by atoms with Crippen LogP contribution in [-0.2, 0) is 4.79 Å². The van der Waals surface area contributed by atoms with Gasteiger partial charge in [0.15, 0.2) is 0 Å². The molecular formula is C9H18FNOS. The van der Waals surface area contributed by atoms with Crippen LogP contribution < -0.4 is 5.32 Å². The summed E-state index contributed by atoms with van der Waals surface area (Å²) in [5.74, 6) is 0.525. The van der Waals surface area contributed by atoms with Crippen LogP contribution in [0.4, 0.5) is 3.89 Å². The summed E-state index contributed by atoms with van der Waals surface area (Å²) in [6, 6.07) is 0. The summed E-state index contributed by atoms with van der Waals surface area (Å²) in [6.07, 6.45) is 3.18. The van der Waals surface area contributed by atoms with Crippen LogP contribution in [0.5, 0.6) is 0 Å². The van der Waals surface area contributed by atoms with Crippen molar-refractivity contribution in [1.29, 1.82) is 0 Å². The fraction of sp³-hybridized carbons (Fsp3) is 0.889. The van der Waals surface area contributed by atoms with Crippen LogP contribution in [0.3, 0.4) is 0 Å². The molecule has 2 unspecified atom stereocenters. The van der Waals surface area contributed by atoms with E-state index in [9.17, 15) is 8.68 Å². The fourth-order valence-electron chi connectivity index (χ4n) is 0.987. The van der Waals surface area contributed by atoms with Crippen molar-refractivity contribution in [1.82, 2.24) is 5.32 Å². The normalized spacial score (nSPS) is 15.3. The Morgan fingerprint density at radius 1 is 1.62 bits per heavy atom. The molecule has 0 bridgehead atoms. The number of carbonyl (C=O) groups excluding carboxylic acids is 1. The first-order chi connectivity index (χ1) is 6.24. The van der Waals surface area contributed by atoms with E-state index < -0.39 is 0 Å². The van der Waals surface area contributed by atoms with Gasteiger partial charge in [-0.05, 0) is 12.3 Å². The Labute approximate surface area is 84.0 Å². The summed E-state index contributed by atoms with van der Waals surface area (Å²) in [6.45, 7) is 4.77. The SMILES string of the molecule is CCC(C)CC(NCCC=O)SF. The van der Waals surface area contributed by atoms with Crippen LogP contribution in [0.15, 0.2) is 0 Å². The van der Waals surface area contributed by atoms with Crippen molar-refractivity contribution < 1.29 is 8.68 Å². The molecule has 2 atom stereocenters. The van der Waals surface area contributed by atoms with E-state index in [2.05, 4.69) is 19.2 Å². The lowest BCUT2D eigenvalue weighted by atomic mass is 10.1. The lowest BCUT2D eigenvalue weighted by Gasteiger charge is -2.16. The van der Waals surface area contributed by atoms with Crippen molar-refractivity contribution in [2.24, 2.45) is 5.92 Å². The molecule has 4 heteroatoms. The lowest BCUT2D eigenvalue weighted by Crippen LogP contribution is -2.28. The van der Waals surface area contributed by atoms with E-state index in [0.29, 0.717) is 31.0 Å². The summed E-state index contributed by atoms with van der Waals surface area (Å²) in [4.78, 5) is 10.0. The first-order valence-electron chi connectivity index (χ1n) is 4.69. The number of aldehydes is 1. The van der Waals surface area contributed by atoms with Crippen LogP contribution in [0, 0.1) is 5.92 Å². The fourth-order valence-corrected chi connectivity index (χ4v) is 1.57. The highest BCUT2D eigenvalue weighted by Crippen LogP contribution is 2.19. The van der Waals surface area contributed by atoms with E-state index in [4.69, 9.17) is 0 Å². The molecule has 2 nitrogen and oxygen atoms in total. The van der Waals surface area contributed by atoms with Crippen molar-refractivity contribution in [3.8, 4) is 0 Å². The molecule has 0 heterocycles. The number of hydrogen-bond donors (Lipinski definition) is 1. The maximum absolute atomic E-state index is 12.3. The van der Waals surface area contributed by atoms with Crippen LogP contribution in [0.2, 0.25) is 0 Å². The summed E-state index contributed by atoms with van der Waals surface area (Å²) in [5.41, 5.74) is 0. The summed E-state index contributed by atoms with van der Waals surface area (Å²) in [7, 11) is 0. The van der Waals surface area contributed by atoms with Gasteiger partial charge in [-0.3, -0.25) is 0 Å². The number of halogens is 1. The lowest BCUT2D eigenvalue weighted by molar-refractivity contribution is -0.107. The highest BCUT2D eigenvalue weighted by atomic mass is 32.2. The van der Waals surface area contributed by atoms with Gasteiger partial charge in [-0.15, -0.1) is 0 Å². The molecule has 0 aliphatic heterocycles. The zero-order chi connectivity index (χ0) is 10.1. The molecule has 0 aliphatic rings. The van der Waals surface area contributed by atoms with Crippen LogP contribution in [0.1, 0.15) is 33.1 Å². The minimum absolute atomic E-state index is 0.158. The van der Waals surface area contributed by atoms with Crippen molar-refractivity contribution in [2.75, 3.05) is 6.54 Å². The molecular weight excluding hydrogens is 189 g/mol. The molecule has 1 N–H and O–H groups in total. The second-order valence-electron chi connectivity index (χ2n) is 3.24. The zero-order valence-corrected chi connectivity index (χ0v) is 9.07. The molecule has 13 heavy (non-hydrogen) atoms. The summed E-state index contributed by atoms with van der Waals surface area (Å²) >= 11 is 0.337. The molecule has 0 aromatic carbocycles. The van der Waals surface area contributed by atoms with Crippen molar-refractivity contribution in [3.05, 3.63) is 0 Å². The standard InChI is InChI=1S/C9H18FNOS/c1-3-8(2)7-9(13-10)11-5-4-6-12/h6,8-9,11H,3-5,7H2,1-2H3. The molecule has 0 aromatic rings. The zero-order valence-electron chi connectivity index (χ0n) is 8.25. The molecule has 0 rings (SSSR count). The highest BCUT2D eigenvalue weighted by Gasteiger charge is 2.11. The monoisotopic (exact) mass is 207 g/mol. The summed E-state index contributed by atoms with van der Waals surface area (Å²) < 4.78 is 12.3. The van der Waals surface area contributed by atoms with Gasteiger partial charge >= 0.3 is 0 Å². The third-order valence-electron chi connectivity index (χ3n) is 2.06. The Balaban J connectivity index is 3.55. The van der Waals surface area contributed by atoms with Gasteiger partial charge in [0.05, 0.1) is 17.5 Å². The van der Waals surface area contributed by atoms with Gasteiger partial charge in [0.25, 0.3) is 0 Å². The van der Waals surface area contributed by atoms with Gasteiger partial charge in [-0.2, -0.15) is 3.89 Å². The Bertz CT molecular complexity index is 135. The molecule has 78 valence electrons. The molecule has 0 fully saturated rings. The number of nitrogens with one attached hydrogen (secondary N) is 1. The molecule has 0 amide bonds. The van der Waals surface area contributed by atoms with Crippen molar-refractivity contribution >= 4 is 18.4 Å². The van der Waals surface area contributed by atoms with Gasteiger partial charge < -0.3 is 10.1 Å². The Hall–Kier alpha value is -0.0900. The van der Waals surface area contributed by atoms with Gasteiger partial charge in [-0.1, -0.05) is 20.3 Å². The molecule has 0 saturated heterocycles. The van der Waals surface area contributed by atoms with Gasteiger partial charge in [0.1, 0.15) is 6.29 Å².